The number of carbonyl (C=O) groups excluding carboxylic acids is 2. The Balaban J connectivity index is 1.48. The predicted octanol–water partition coefficient (Wildman–Crippen LogP) is 1.99. The van der Waals surface area contributed by atoms with Gasteiger partial charge in [0.1, 0.15) is 12.4 Å². The van der Waals surface area contributed by atoms with E-state index in [0.29, 0.717) is 35.3 Å². The molecule has 0 spiro atoms. The molecule has 1 amide bonds. The fourth-order valence-corrected chi connectivity index (χ4v) is 6.48. The van der Waals surface area contributed by atoms with Crippen LogP contribution in [0.5, 0.6) is 0 Å². The third kappa shape index (κ3) is 2.98. The number of aromatic nitrogens is 2. The average molecular weight is 519 g/mol. The second kappa shape index (κ2) is 7.94. The summed E-state index contributed by atoms with van der Waals surface area (Å²) in [4.78, 5) is 43.9. The highest BCUT2D eigenvalue weighted by Crippen LogP contribution is 2.46. The number of rotatable bonds is 3. The van der Waals surface area contributed by atoms with Crippen molar-refractivity contribution in [1.82, 2.24) is 20.2 Å². The number of esters is 1. The summed E-state index contributed by atoms with van der Waals surface area (Å²) in [7, 11) is 0. The van der Waals surface area contributed by atoms with E-state index in [-0.39, 0.29) is 60.1 Å². The maximum Gasteiger partial charge on any atom is 0.343 e. The van der Waals surface area contributed by atoms with Crippen LogP contribution in [0.1, 0.15) is 65.6 Å². The van der Waals surface area contributed by atoms with Crippen LogP contribution in [0.4, 0.5) is 4.39 Å². The van der Waals surface area contributed by atoms with Crippen LogP contribution >= 0.6 is 0 Å². The van der Waals surface area contributed by atoms with Crippen molar-refractivity contribution in [1.29, 1.82) is 0 Å². The van der Waals surface area contributed by atoms with Crippen molar-refractivity contribution in [3.8, 4) is 11.4 Å². The first-order valence-electron chi connectivity index (χ1n) is 13.1. The first-order valence-corrected chi connectivity index (χ1v) is 13.1. The predicted molar refractivity (Wildman–Crippen MR) is 135 cm³/mol. The standard InChI is InChI=1S/C28H27FN4O5/c1-3-28(37)16-8-21-24-14(10-33(21)26(35)15(16)11-38-27(28)36)23-18(32-25(34)19-6-7-30-19)5-4-13-12(2)17(29)9-20(31-24)22(13)23/h8-9,18-19,30,37H,3-7,10-11H2,1-2H3,(H,32,34)/t18-,19+,28-/m1/s1. The number of hydrogen-bond acceptors (Lipinski definition) is 7. The van der Waals surface area contributed by atoms with Crippen molar-refractivity contribution < 1.29 is 23.8 Å². The third-order valence-corrected chi connectivity index (χ3v) is 8.83. The van der Waals surface area contributed by atoms with Gasteiger partial charge in [0.25, 0.3) is 5.56 Å². The SMILES string of the molecule is CC[C@]1(O)C(=O)OCc2c1cc1n(c2=O)Cc2c-1nc1cc(F)c(C)c3c1c2[C@H](NC(=O)[C@@H]1CCN1)CC3. The highest BCUT2D eigenvalue weighted by Gasteiger charge is 2.46. The van der Waals surface area contributed by atoms with Gasteiger partial charge in [-0.2, -0.15) is 0 Å². The van der Waals surface area contributed by atoms with E-state index >= 15 is 0 Å². The molecule has 0 unspecified atom stereocenters. The highest BCUT2D eigenvalue weighted by atomic mass is 19.1. The van der Waals surface area contributed by atoms with Crippen LogP contribution in [-0.2, 0) is 39.5 Å². The molecule has 0 saturated carbocycles. The number of aliphatic hydroxyl groups is 1. The van der Waals surface area contributed by atoms with Gasteiger partial charge in [-0.05, 0) is 61.9 Å². The van der Waals surface area contributed by atoms with Gasteiger partial charge in [0.05, 0.1) is 41.1 Å². The Morgan fingerprint density at radius 2 is 2.08 bits per heavy atom. The maximum atomic E-state index is 15.0. The van der Waals surface area contributed by atoms with Crippen molar-refractivity contribution in [3.63, 3.8) is 0 Å². The van der Waals surface area contributed by atoms with Gasteiger partial charge in [-0.25, -0.2) is 14.2 Å². The molecule has 1 aliphatic carbocycles. The van der Waals surface area contributed by atoms with Crippen molar-refractivity contribution in [2.24, 2.45) is 0 Å². The zero-order chi connectivity index (χ0) is 26.5. The smallest absolute Gasteiger partial charge is 0.343 e. The largest absolute Gasteiger partial charge is 0.458 e. The van der Waals surface area contributed by atoms with Crippen molar-refractivity contribution in [2.75, 3.05) is 6.54 Å². The zero-order valence-corrected chi connectivity index (χ0v) is 21.1. The van der Waals surface area contributed by atoms with E-state index in [1.807, 2.05) is 0 Å². The lowest BCUT2D eigenvalue weighted by molar-refractivity contribution is -0.172. The Kier molecular flexibility index (Phi) is 4.91. The Morgan fingerprint density at radius 3 is 2.79 bits per heavy atom. The molecule has 0 radical (unpaired) electrons. The number of cyclic esters (lactones) is 1. The summed E-state index contributed by atoms with van der Waals surface area (Å²) in [5, 5.41) is 18.3. The van der Waals surface area contributed by atoms with Crippen LogP contribution in [0.3, 0.4) is 0 Å². The molecule has 1 saturated heterocycles. The summed E-state index contributed by atoms with van der Waals surface area (Å²) in [6.45, 7) is 4.22. The van der Waals surface area contributed by atoms with Crippen molar-refractivity contribution >= 4 is 22.8 Å². The number of amides is 1. The van der Waals surface area contributed by atoms with Crippen LogP contribution in [-0.4, -0.2) is 39.1 Å². The van der Waals surface area contributed by atoms with E-state index in [9.17, 15) is 23.9 Å². The molecule has 3 N–H and O–H groups in total. The van der Waals surface area contributed by atoms with Gasteiger partial charge >= 0.3 is 5.97 Å². The Morgan fingerprint density at radius 1 is 1.29 bits per heavy atom. The summed E-state index contributed by atoms with van der Waals surface area (Å²) >= 11 is 0. The molecule has 3 aliphatic heterocycles. The van der Waals surface area contributed by atoms with E-state index in [1.165, 1.54) is 6.07 Å². The minimum absolute atomic E-state index is 0.0438. The molecule has 0 bridgehead atoms. The van der Waals surface area contributed by atoms with Crippen LogP contribution in [0.25, 0.3) is 22.3 Å². The molecule has 2 aromatic heterocycles. The molecular formula is C28H27FN4O5. The second-order valence-corrected chi connectivity index (χ2v) is 10.7. The fourth-order valence-electron chi connectivity index (χ4n) is 6.48. The van der Waals surface area contributed by atoms with E-state index in [4.69, 9.17) is 9.72 Å². The number of hydrogen-bond donors (Lipinski definition) is 3. The van der Waals surface area contributed by atoms with Crippen LogP contribution < -0.4 is 16.2 Å². The van der Waals surface area contributed by atoms with Crippen molar-refractivity contribution in [3.05, 3.63) is 61.7 Å². The van der Waals surface area contributed by atoms with Gasteiger partial charge in [0.15, 0.2) is 5.60 Å². The van der Waals surface area contributed by atoms with Gasteiger partial charge < -0.3 is 25.0 Å². The van der Waals surface area contributed by atoms with Gasteiger partial charge in [-0.3, -0.25) is 9.59 Å². The highest BCUT2D eigenvalue weighted by molar-refractivity contribution is 5.94. The molecule has 5 heterocycles. The van der Waals surface area contributed by atoms with E-state index < -0.39 is 11.6 Å². The minimum atomic E-state index is -1.93. The number of benzene rings is 1. The zero-order valence-electron chi connectivity index (χ0n) is 21.1. The number of aryl methyl sites for hydroxylation is 1. The summed E-state index contributed by atoms with van der Waals surface area (Å²) in [6.07, 6.45) is 2.01. The number of pyridine rings is 2. The van der Waals surface area contributed by atoms with E-state index in [0.717, 1.165) is 35.0 Å². The number of nitrogens with zero attached hydrogens (tertiary/aromatic N) is 2. The molecule has 3 aromatic rings. The van der Waals surface area contributed by atoms with Gasteiger partial charge in [0, 0.05) is 22.6 Å². The first-order chi connectivity index (χ1) is 18.2. The monoisotopic (exact) mass is 518 g/mol. The summed E-state index contributed by atoms with van der Waals surface area (Å²) in [5.41, 5.74) is 2.70. The number of nitrogens with one attached hydrogen (secondary N) is 2. The minimum Gasteiger partial charge on any atom is -0.458 e. The fraction of sp³-hybridized carbons (Fsp3) is 0.429. The van der Waals surface area contributed by atoms with Gasteiger partial charge in [-0.15, -0.1) is 0 Å². The third-order valence-electron chi connectivity index (χ3n) is 8.83. The van der Waals surface area contributed by atoms with E-state index in [2.05, 4.69) is 10.6 Å². The van der Waals surface area contributed by atoms with Gasteiger partial charge in [0.2, 0.25) is 5.91 Å². The molecular weight excluding hydrogens is 491 g/mol. The maximum absolute atomic E-state index is 15.0. The first kappa shape index (κ1) is 23.5. The molecule has 196 valence electrons. The lowest BCUT2D eigenvalue weighted by Crippen LogP contribution is -2.54. The van der Waals surface area contributed by atoms with Crippen LogP contribution in [0.15, 0.2) is 16.9 Å². The van der Waals surface area contributed by atoms with Gasteiger partial charge in [-0.1, -0.05) is 6.92 Å². The average Bonchev–Trinajstić information content (AvgIpc) is 3.23. The molecule has 1 aromatic carbocycles. The molecule has 38 heavy (non-hydrogen) atoms. The lowest BCUT2D eigenvalue weighted by atomic mass is 9.81. The van der Waals surface area contributed by atoms with Crippen molar-refractivity contribution in [2.45, 2.75) is 70.4 Å². The lowest BCUT2D eigenvalue weighted by Gasteiger charge is -2.33. The molecule has 3 atom stereocenters. The number of carbonyl (C=O) groups is 2. The summed E-state index contributed by atoms with van der Waals surface area (Å²) in [5.74, 6) is -1.21. The molecule has 9 nitrogen and oxygen atoms in total. The van der Waals surface area contributed by atoms with Crippen LogP contribution in [0.2, 0.25) is 0 Å². The normalized spacial score (nSPS) is 24.8. The summed E-state index contributed by atoms with van der Waals surface area (Å²) < 4.78 is 21.7. The topological polar surface area (TPSA) is 123 Å². The quantitative estimate of drug-likeness (QED) is 0.355. The molecule has 4 aliphatic rings. The van der Waals surface area contributed by atoms with Crippen LogP contribution in [0, 0.1) is 12.7 Å². The Hall–Kier alpha value is -3.63. The summed E-state index contributed by atoms with van der Waals surface area (Å²) in [6, 6.07) is 2.51. The Bertz CT molecular complexity index is 1660. The number of fused-ring (bicyclic) bond motifs is 5. The molecule has 7 rings (SSSR count). The van der Waals surface area contributed by atoms with E-state index in [1.54, 1.807) is 24.5 Å². The number of ether oxygens (including phenoxy) is 1. The molecule has 1 fully saturated rings. The second-order valence-electron chi connectivity index (χ2n) is 10.7. The molecule has 10 heteroatoms. The number of halogens is 1. The Labute approximate surface area is 217 Å².